The van der Waals surface area contributed by atoms with Crippen LogP contribution in [0.1, 0.15) is 24.2 Å². The highest BCUT2D eigenvalue weighted by molar-refractivity contribution is 7.98. The molecule has 1 aromatic carbocycles. The third-order valence-electron chi connectivity index (χ3n) is 3.85. The minimum absolute atomic E-state index is 0.264. The van der Waals surface area contributed by atoms with Crippen LogP contribution in [-0.4, -0.2) is 41.1 Å². The number of hydrogen-bond donors (Lipinski definition) is 2. The van der Waals surface area contributed by atoms with Crippen LogP contribution in [0.5, 0.6) is 0 Å². The fraction of sp³-hybridized carbons (Fsp3) is 0.444. The second-order valence-electron chi connectivity index (χ2n) is 5.68. The van der Waals surface area contributed by atoms with E-state index in [1.165, 1.54) is 12.2 Å². The van der Waals surface area contributed by atoms with Gasteiger partial charge < -0.3 is 15.2 Å². The molecule has 1 aromatic heterocycles. The van der Waals surface area contributed by atoms with Crippen LogP contribution in [0.25, 0.3) is 5.69 Å². The van der Waals surface area contributed by atoms with Gasteiger partial charge >= 0.3 is 0 Å². The third kappa shape index (κ3) is 5.77. The molecular formula is C18H26FN5S. The number of hydrogen-bond acceptors (Lipinski definition) is 3. The highest BCUT2D eigenvalue weighted by Gasteiger charge is 2.08. The van der Waals surface area contributed by atoms with Gasteiger partial charge in [0.15, 0.2) is 5.96 Å². The summed E-state index contributed by atoms with van der Waals surface area (Å²) in [6, 6.07) is 5.24. The maximum Gasteiger partial charge on any atom is 0.191 e. The minimum atomic E-state index is -0.264. The van der Waals surface area contributed by atoms with Crippen molar-refractivity contribution in [3.05, 3.63) is 47.8 Å². The van der Waals surface area contributed by atoms with Gasteiger partial charge in [0.25, 0.3) is 0 Å². The fourth-order valence-corrected chi connectivity index (χ4v) is 2.97. The van der Waals surface area contributed by atoms with Gasteiger partial charge in [-0.3, -0.25) is 4.99 Å². The summed E-state index contributed by atoms with van der Waals surface area (Å²) in [6.07, 6.45) is 7.83. The lowest BCUT2D eigenvalue weighted by atomic mass is 10.2. The monoisotopic (exact) mass is 363 g/mol. The van der Waals surface area contributed by atoms with Crippen molar-refractivity contribution in [3.8, 4) is 5.69 Å². The maximum absolute atomic E-state index is 14.4. The van der Waals surface area contributed by atoms with Gasteiger partial charge in [0.05, 0.1) is 5.69 Å². The molecule has 0 saturated heterocycles. The van der Waals surface area contributed by atoms with Crippen LogP contribution < -0.4 is 10.6 Å². The molecule has 0 fully saturated rings. The molecule has 2 rings (SSSR count). The summed E-state index contributed by atoms with van der Waals surface area (Å²) in [6.45, 7) is 3.25. The Balaban J connectivity index is 1.88. The zero-order valence-electron chi connectivity index (χ0n) is 15.1. The second kappa shape index (κ2) is 10.1. The van der Waals surface area contributed by atoms with Crippen LogP contribution in [0, 0.1) is 12.7 Å². The summed E-state index contributed by atoms with van der Waals surface area (Å²) in [4.78, 5) is 8.33. The van der Waals surface area contributed by atoms with Gasteiger partial charge in [-0.25, -0.2) is 9.37 Å². The zero-order chi connectivity index (χ0) is 18.1. The van der Waals surface area contributed by atoms with Crippen molar-refractivity contribution in [2.24, 2.45) is 4.99 Å². The fourth-order valence-electron chi connectivity index (χ4n) is 2.47. The summed E-state index contributed by atoms with van der Waals surface area (Å²) in [5, 5.41) is 6.50. The highest BCUT2D eigenvalue weighted by atomic mass is 32.2. The molecule has 25 heavy (non-hydrogen) atoms. The number of unbranched alkanes of at least 4 members (excludes halogenated alkanes) is 1. The lowest BCUT2D eigenvalue weighted by Crippen LogP contribution is -2.37. The summed E-state index contributed by atoms with van der Waals surface area (Å²) < 4.78 is 16.1. The van der Waals surface area contributed by atoms with Gasteiger partial charge in [0.1, 0.15) is 11.6 Å². The van der Waals surface area contributed by atoms with Crippen molar-refractivity contribution >= 4 is 17.7 Å². The quantitative estimate of drug-likeness (QED) is 0.430. The number of guanidine groups is 1. The van der Waals surface area contributed by atoms with Crippen LogP contribution in [0.15, 0.2) is 35.6 Å². The van der Waals surface area contributed by atoms with Gasteiger partial charge in [-0.15, -0.1) is 0 Å². The highest BCUT2D eigenvalue weighted by Crippen LogP contribution is 2.16. The number of aromatic nitrogens is 2. The molecule has 0 unspecified atom stereocenters. The van der Waals surface area contributed by atoms with Gasteiger partial charge in [-0.05, 0) is 49.5 Å². The Morgan fingerprint density at radius 2 is 2.16 bits per heavy atom. The van der Waals surface area contributed by atoms with Gasteiger partial charge in [0, 0.05) is 32.5 Å². The predicted octanol–water partition coefficient (Wildman–Crippen LogP) is 3.13. The zero-order valence-corrected chi connectivity index (χ0v) is 15.9. The minimum Gasteiger partial charge on any atom is -0.356 e. The van der Waals surface area contributed by atoms with E-state index in [2.05, 4.69) is 26.9 Å². The van der Waals surface area contributed by atoms with E-state index < -0.39 is 0 Å². The Labute approximate surface area is 153 Å². The first-order valence-corrected chi connectivity index (χ1v) is 9.77. The van der Waals surface area contributed by atoms with Crippen LogP contribution in [0.4, 0.5) is 4.39 Å². The van der Waals surface area contributed by atoms with Crippen molar-refractivity contribution in [1.82, 2.24) is 20.2 Å². The van der Waals surface area contributed by atoms with Crippen LogP contribution in [0.3, 0.4) is 0 Å². The molecule has 5 nitrogen and oxygen atoms in total. The summed E-state index contributed by atoms with van der Waals surface area (Å²) in [7, 11) is 1.74. The van der Waals surface area contributed by atoms with Crippen molar-refractivity contribution in [3.63, 3.8) is 0 Å². The molecule has 136 valence electrons. The van der Waals surface area contributed by atoms with Crippen LogP contribution in [0.2, 0.25) is 0 Å². The standard InChI is InChI=1S/C18H26FN5S/c1-14-21-9-10-24(14)17-7-6-15(12-16(17)19)13-23-18(20-2)22-8-4-5-11-25-3/h6-7,9-10,12H,4-5,8,11,13H2,1-3H3,(H2,20,22,23). The lowest BCUT2D eigenvalue weighted by molar-refractivity contribution is 0.613. The molecule has 2 N–H and O–H groups in total. The molecule has 0 aliphatic rings. The molecule has 0 aliphatic heterocycles. The molecule has 0 spiro atoms. The molecule has 0 atom stereocenters. The van der Waals surface area contributed by atoms with E-state index in [4.69, 9.17) is 0 Å². The lowest BCUT2D eigenvalue weighted by Gasteiger charge is -2.13. The number of benzene rings is 1. The number of aliphatic imine (C=N–C) groups is 1. The molecule has 0 amide bonds. The number of nitrogens with one attached hydrogen (secondary N) is 2. The maximum atomic E-state index is 14.4. The van der Waals surface area contributed by atoms with Crippen molar-refractivity contribution in [2.75, 3.05) is 25.6 Å². The molecule has 7 heteroatoms. The first-order chi connectivity index (χ1) is 12.2. The van der Waals surface area contributed by atoms with E-state index in [0.29, 0.717) is 12.2 Å². The normalized spacial score (nSPS) is 11.6. The number of imidazole rings is 1. The predicted molar refractivity (Wildman–Crippen MR) is 104 cm³/mol. The van der Waals surface area contributed by atoms with E-state index in [1.807, 2.05) is 24.8 Å². The number of thioether (sulfide) groups is 1. The van der Waals surface area contributed by atoms with Gasteiger partial charge in [-0.1, -0.05) is 6.07 Å². The van der Waals surface area contributed by atoms with E-state index in [0.717, 1.165) is 30.3 Å². The Bertz CT molecular complexity index is 699. The van der Waals surface area contributed by atoms with E-state index >= 15 is 0 Å². The molecule has 0 saturated carbocycles. The van der Waals surface area contributed by atoms with Gasteiger partial charge in [-0.2, -0.15) is 11.8 Å². The largest absolute Gasteiger partial charge is 0.356 e. The first-order valence-electron chi connectivity index (χ1n) is 8.38. The molecule has 1 heterocycles. The van der Waals surface area contributed by atoms with Crippen molar-refractivity contribution in [2.45, 2.75) is 26.3 Å². The van der Waals surface area contributed by atoms with Crippen molar-refractivity contribution in [1.29, 1.82) is 0 Å². The average Bonchev–Trinajstić information content (AvgIpc) is 3.03. The molecule has 0 bridgehead atoms. The Kier molecular flexibility index (Phi) is 7.78. The Hall–Kier alpha value is -2.02. The van der Waals surface area contributed by atoms with E-state index in [9.17, 15) is 4.39 Å². The summed E-state index contributed by atoms with van der Waals surface area (Å²) in [5.74, 6) is 2.41. The van der Waals surface area contributed by atoms with E-state index in [1.54, 1.807) is 36.1 Å². The SMILES string of the molecule is CN=C(NCCCCSC)NCc1ccc(-n2ccnc2C)c(F)c1. The topological polar surface area (TPSA) is 54.2 Å². The number of rotatable bonds is 8. The molecule has 0 radical (unpaired) electrons. The summed E-state index contributed by atoms with van der Waals surface area (Å²) in [5.41, 5.74) is 1.37. The number of nitrogens with zero attached hydrogens (tertiary/aromatic N) is 3. The van der Waals surface area contributed by atoms with E-state index in [-0.39, 0.29) is 5.82 Å². The number of halogens is 1. The van der Waals surface area contributed by atoms with Crippen molar-refractivity contribution < 1.29 is 4.39 Å². The Morgan fingerprint density at radius 1 is 1.32 bits per heavy atom. The van der Waals surface area contributed by atoms with Crippen LogP contribution in [-0.2, 0) is 6.54 Å². The molecular weight excluding hydrogens is 337 g/mol. The smallest absolute Gasteiger partial charge is 0.191 e. The summed E-state index contributed by atoms with van der Waals surface area (Å²) >= 11 is 1.86. The van der Waals surface area contributed by atoms with Crippen LogP contribution >= 0.6 is 11.8 Å². The second-order valence-corrected chi connectivity index (χ2v) is 6.67. The molecule has 0 aliphatic carbocycles. The third-order valence-corrected chi connectivity index (χ3v) is 4.55. The number of aryl methyl sites for hydroxylation is 1. The Morgan fingerprint density at radius 3 is 2.80 bits per heavy atom. The van der Waals surface area contributed by atoms with Gasteiger partial charge in [0.2, 0.25) is 0 Å². The average molecular weight is 364 g/mol. The molecule has 2 aromatic rings. The first kappa shape index (κ1) is 19.3.